The molecule has 1 aromatic carbocycles. The Morgan fingerprint density at radius 3 is 2.84 bits per heavy atom. The number of carbonyl (C=O) groups excluding carboxylic acids is 3. The average molecular weight is 329 g/mol. The number of nitrogens with one attached hydrogen (secondary N) is 2. The molecule has 0 saturated carbocycles. The predicted octanol–water partition coefficient (Wildman–Crippen LogP) is 1.12. The first-order chi connectivity index (χ1) is 8.97. The first-order valence-corrected chi connectivity index (χ1v) is 6.36. The van der Waals surface area contributed by atoms with E-state index in [4.69, 9.17) is 0 Å². The molecular weight excluding hydrogens is 319 g/mol. The van der Waals surface area contributed by atoms with E-state index in [9.17, 15) is 18.8 Å². The first-order valence-electron chi connectivity index (χ1n) is 5.57. The highest BCUT2D eigenvalue weighted by atomic mass is 79.9. The van der Waals surface area contributed by atoms with E-state index in [-0.39, 0.29) is 24.3 Å². The number of hydrogen-bond acceptors (Lipinski definition) is 3. The molecule has 5 nitrogen and oxygen atoms in total. The maximum Gasteiger partial charge on any atom is 0.253 e. The number of halogens is 2. The third-order valence-electron chi connectivity index (χ3n) is 2.72. The first kappa shape index (κ1) is 13.7. The predicted molar refractivity (Wildman–Crippen MR) is 67.7 cm³/mol. The van der Waals surface area contributed by atoms with Crippen LogP contribution in [0.5, 0.6) is 0 Å². The Labute approximate surface area is 116 Å². The summed E-state index contributed by atoms with van der Waals surface area (Å²) in [5.74, 6) is -2.02. The van der Waals surface area contributed by atoms with E-state index in [1.165, 1.54) is 12.1 Å². The quantitative estimate of drug-likeness (QED) is 0.799. The topological polar surface area (TPSA) is 75.3 Å². The van der Waals surface area contributed by atoms with Gasteiger partial charge in [-0.3, -0.25) is 19.7 Å². The van der Waals surface area contributed by atoms with Gasteiger partial charge in [-0.25, -0.2) is 4.39 Å². The second-order valence-electron chi connectivity index (χ2n) is 4.10. The van der Waals surface area contributed by atoms with Crippen molar-refractivity contribution in [1.29, 1.82) is 0 Å². The smallest absolute Gasteiger partial charge is 0.253 e. The molecule has 0 aliphatic carbocycles. The van der Waals surface area contributed by atoms with Gasteiger partial charge in [-0.15, -0.1) is 0 Å². The van der Waals surface area contributed by atoms with Crippen LogP contribution in [0.4, 0.5) is 4.39 Å². The van der Waals surface area contributed by atoms with Crippen LogP contribution in [-0.4, -0.2) is 23.8 Å². The molecule has 1 saturated heterocycles. The van der Waals surface area contributed by atoms with Crippen molar-refractivity contribution in [2.75, 3.05) is 0 Å². The molecule has 2 rings (SSSR count). The Kier molecular flexibility index (Phi) is 3.94. The molecule has 0 aromatic heterocycles. The summed E-state index contributed by atoms with van der Waals surface area (Å²) in [5.41, 5.74) is 0.102. The standard InChI is InChI=1S/C12H10BrFN2O3/c13-8-2-1-6(14)5-7(8)11(18)15-9-3-4-10(17)16-12(9)19/h1-2,5,9H,3-4H2,(H,15,18)(H,16,17,19). The normalized spacial score (nSPS) is 18.9. The molecule has 1 aliphatic heterocycles. The molecule has 0 radical (unpaired) electrons. The van der Waals surface area contributed by atoms with Crippen LogP contribution in [-0.2, 0) is 9.59 Å². The van der Waals surface area contributed by atoms with E-state index in [0.29, 0.717) is 4.47 Å². The van der Waals surface area contributed by atoms with E-state index in [1.54, 1.807) is 0 Å². The third kappa shape index (κ3) is 3.17. The number of benzene rings is 1. The fraction of sp³-hybridized carbons (Fsp3) is 0.250. The molecule has 19 heavy (non-hydrogen) atoms. The fourth-order valence-electron chi connectivity index (χ4n) is 1.74. The van der Waals surface area contributed by atoms with Crippen LogP contribution in [0.25, 0.3) is 0 Å². The van der Waals surface area contributed by atoms with E-state index >= 15 is 0 Å². The van der Waals surface area contributed by atoms with Crippen molar-refractivity contribution in [1.82, 2.24) is 10.6 Å². The molecule has 0 spiro atoms. The van der Waals surface area contributed by atoms with Crippen LogP contribution in [0.1, 0.15) is 23.2 Å². The van der Waals surface area contributed by atoms with Gasteiger partial charge in [0.1, 0.15) is 11.9 Å². The largest absolute Gasteiger partial charge is 0.340 e. The molecule has 1 heterocycles. The zero-order chi connectivity index (χ0) is 14.0. The van der Waals surface area contributed by atoms with Gasteiger partial charge in [-0.1, -0.05) is 0 Å². The molecule has 7 heteroatoms. The number of hydrogen-bond donors (Lipinski definition) is 2. The number of carbonyl (C=O) groups is 3. The van der Waals surface area contributed by atoms with Gasteiger partial charge in [0.15, 0.2) is 0 Å². The van der Waals surface area contributed by atoms with Crippen LogP contribution < -0.4 is 10.6 Å². The summed E-state index contributed by atoms with van der Waals surface area (Å²) in [6.45, 7) is 0. The van der Waals surface area contributed by atoms with Crippen LogP contribution in [0, 0.1) is 5.82 Å². The molecule has 1 aromatic rings. The van der Waals surface area contributed by atoms with Gasteiger partial charge in [0.2, 0.25) is 11.8 Å². The summed E-state index contributed by atoms with van der Waals surface area (Å²) in [6, 6.07) is 2.92. The number of piperidine rings is 1. The molecule has 1 unspecified atom stereocenters. The lowest BCUT2D eigenvalue weighted by atomic mass is 10.1. The molecule has 2 N–H and O–H groups in total. The van der Waals surface area contributed by atoms with Gasteiger partial charge < -0.3 is 5.32 Å². The van der Waals surface area contributed by atoms with Crippen molar-refractivity contribution in [3.05, 3.63) is 34.1 Å². The highest BCUT2D eigenvalue weighted by Gasteiger charge is 2.28. The molecule has 3 amide bonds. The molecule has 1 atom stereocenters. The van der Waals surface area contributed by atoms with Crippen molar-refractivity contribution >= 4 is 33.7 Å². The minimum atomic E-state index is -0.777. The number of imide groups is 1. The zero-order valence-electron chi connectivity index (χ0n) is 9.70. The van der Waals surface area contributed by atoms with Gasteiger partial charge in [-0.05, 0) is 40.5 Å². The summed E-state index contributed by atoms with van der Waals surface area (Å²) in [7, 11) is 0. The van der Waals surface area contributed by atoms with Crippen LogP contribution in [0.3, 0.4) is 0 Å². The van der Waals surface area contributed by atoms with E-state index in [2.05, 4.69) is 26.6 Å². The van der Waals surface area contributed by atoms with Crippen molar-refractivity contribution in [2.45, 2.75) is 18.9 Å². The lowest BCUT2D eigenvalue weighted by molar-refractivity contribution is -0.134. The van der Waals surface area contributed by atoms with Crippen molar-refractivity contribution in [3.63, 3.8) is 0 Å². The van der Waals surface area contributed by atoms with Gasteiger partial charge in [0, 0.05) is 10.9 Å². The monoisotopic (exact) mass is 328 g/mol. The third-order valence-corrected chi connectivity index (χ3v) is 3.41. The summed E-state index contributed by atoms with van der Waals surface area (Å²) < 4.78 is 13.5. The summed E-state index contributed by atoms with van der Waals surface area (Å²) in [6.07, 6.45) is 0.407. The minimum absolute atomic E-state index is 0.102. The molecule has 1 fully saturated rings. The second-order valence-corrected chi connectivity index (χ2v) is 4.96. The second kappa shape index (κ2) is 5.48. The Hall–Kier alpha value is -1.76. The average Bonchev–Trinajstić information content (AvgIpc) is 2.35. The summed E-state index contributed by atoms with van der Waals surface area (Å²) >= 11 is 3.14. The van der Waals surface area contributed by atoms with Gasteiger partial charge >= 0.3 is 0 Å². The fourth-order valence-corrected chi connectivity index (χ4v) is 2.17. The highest BCUT2D eigenvalue weighted by Crippen LogP contribution is 2.18. The lowest BCUT2D eigenvalue weighted by Gasteiger charge is -2.22. The number of rotatable bonds is 2. The lowest BCUT2D eigenvalue weighted by Crippen LogP contribution is -2.52. The van der Waals surface area contributed by atoms with Crippen LogP contribution >= 0.6 is 15.9 Å². The Bertz CT molecular complexity index is 562. The zero-order valence-corrected chi connectivity index (χ0v) is 11.3. The van der Waals surface area contributed by atoms with E-state index in [1.807, 2.05) is 0 Å². The van der Waals surface area contributed by atoms with Gasteiger partial charge in [-0.2, -0.15) is 0 Å². The van der Waals surface area contributed by atoms with Crippen molar-refractivity contribution in [3.8, 4) is 0 Å². The maximum atomic E-state index is 13.1. The van der Waals surface area contributed by atoms with Gasteiger partial charge in [0.25, 0.3) is 5.91 Å². The summed E-state index contributed by atoms with van der Waals surface area (Å²) in [5, 5.41) is 4.61. The Morgan fingerprint density at radius 2 is 2.16 bits per heavy atom. The molecule has 0 bridgehead atoms. The van der Waals surface area contributed by atoms with E-state index in [0.717, 1.165) is 6.07 Å². The minimum Gasteiger partial charge on any atom is -0.340 e. The van der Waals surface area contributed by atoms with Crippen molar-refractivity contribution in [2.24, 2.45) is 0 Å². The van der Waals surface area contributed by atoms with Crippen LogP contribution in [0.15, 0.2) is 22.7 Å². The SMILES string of the molecule is O=C1CCC(NC(=O)c2cc(F)ccc2Br)C(=O)N1. The molecule has 1 aliphatic rings. The summed E-state index contributed by atoms with van der Waals surface area (Å²) in [4.78, 5) is 34.4. The van der Waals surface area contributed by atoms with E-state index < -0.39 is 23.7 Å². The highest BCUT2D eigenvalue weighted by molar-refractivity contribution is 9.10. The number of amides is 3. The molecular formula is C12H10BrFN2O3. The van der Waals surface area contributed by atoms with Gasteiger partial charge in [0.05, 0.1) is 5.56 Å². The van der Waals surface area contributed by atoms with Crippen LogP contribution in [0.2, 0.25) is 0 Å². The Morgan fingerprint density at radius 1 is 1.42 bits per heavy atom. The Balaban J connectivity index is 2.11. The molecule has 100 valence electrons. The van der Waals surface area contributed by atoms with Crippen molar-refractivity contribution < 1.29 is 18.8 Å². The maximum absolute atomic E-state index is 13.1.